The van der Waals surface area contributed by atoms with Crippen LogP contribution in [0, 0.1) is 0 Å². The van der Waals surface area contributed by atoms with Crippen molar-refractivity contribution in [2.75, 3.05) is 0 Å². The van der Waals surface area contributed by atoms with E-state index >= 15 is 0 Å². The number of hydrogen-bond donors (Lipinski definition) is 0. The number of nitrogens with zero attached hydrogens (tertiary/aromatic N) is 4. The quantitative estimate of drug-likeness (QED) is 0.192. The van der Waals surface area contributed by atoms with Gasteiger partial charge in [-0.05, 0) is 46.2 Å². The highest BCUT2D eigenvalue weighted by atomic mass is 15.0. The summed E-state index contributed by atoms with van der Waals surface area (Å²) in [5.41, 5.74) is 8.79. The highest BCUT2D eigenvalue weighted by Crippen LogP contribution is 2.39. The second-order valence-corrected chi connectivity index (χ2v) is 11.3. The van der Waals surface area contributed by atoms with E-state index in [2.05, 4.69) is 102 Å². The molecule has 2 aromatic heterocycles. The van der Waals surface area contributed by atoms with Gasteiger partial charge in [-0.15, -0.1) is 0 Å². The van der Waals surface area contributed by atoms with E-state index in [1.54, 1.807) is 0 Å². The molecule has 9 aromatic rings. The van der Waals surface area contributed by atoms with E-state index in [4.69, 9.17) is 15.0 Å². The van der Waals surface area contributed by atoms with Gasteiger partial charge in [0.05, 0.1) is 11.0 Å². The van der Waals surface area contributed by atoms with Gasteiger partial charge in [0.15, 0.2) is 17.5 Å². The lowest BCUT2D eigenvalue weighted by Crippen LogP contribution is -2.00. The van der Waals surface area contributed by atoms with E-state index in [0.717, 1.165) is 33.5 Å². The van der Waals surface area contributed by atoms with Gasteiger partial charge >= 0.3 is 0 Å². The molecule has 0 spiro atoms. The monoisotopic (exact) mass is 574 g/mol. The average molecular weight is 575 g/mol. The van der Waals surface area contributed by atoms with Gasteiger partial charge in [0.25, 0.3) is 0 Å². The Morgan fingerprint density at radius 1 is 0.311 bits per heavy atom. The largest absolute Gasteiger partial charge is 0.309 e. The number of rotatable bonds is 5. The minimum atomic E-state index is 0.654. The third-order valence-corrected chi connectivity index (χ3v) is 8.62. The number of benzene rings is 7. The van der Waals surface area contributed by atoms with Crippen molar-refractivity contribution in [1.82, 2.24) is 19.5 Å². The second-order valence-electron chi connectivity index (χ2n) is 11.3. The third kappa shape index (κ3) is 4.27. The van der Waals surface area contributed by atoms with Crippen LogP contribution in [-0.4, -0.2) is 19.5 Å². The molecule has 45 heavy (non-hydrogen) atoms. The Labute approximate surface area is 260 Å². The van der Waals surface area contributed by atoms with Crippen LogP contribution < -0.4 is 0 Å². The molecule has 0 aliphatic carbocycles. The summed E-state index contributed by atoms with van der Waals surface area (Å²) < 4.78 is 2.38. The van der Waals surface area contributed by atoms with E-state index in [9.17, 15) is 0 Å². The normalized spacial score (nSPS) is 11.6. The van der Waals surface area contributed by atoms with Crippen LogP contribution in [0.5, 0.6) is 0 Å². The van der Waals surface area contributed by atoms with Crippen molar-refractivity contribution < 1.29 is 0 Å². The summed E-state index contributed by atoms with van der Waals surface area (Å²) in [6.45, 7) is 0. The molecule has 7 aromatic carbocycles. The summed E-state index contributed by atoms with van der Waals surface area (Å²) in [7, 11) is 0. The van der Waals surface area contributed by atoms with E-state index in [1.807, 2.05) is 60.7 Å². The molecule has 210 valence electrons. The van der Waals surface area contributed by atoms with E-state index in [1.165, 1.54) is 32.6 Å². The molecule has 9 rings (SSSR count). The van der Waals surface area contributed by atoms with Crippen LogP contribution in [0.2, 0.25) is 0 Å². The van der Waals surface area contributed by atoms with Crippen LogP contribution >= 0.6 is 0 Å². The van der Waals surface area contributed by atoms with Gasteiger partial charge in [-0.3, -0.25) is 0 Å². The summed E-state index contributed by atoms with van der Waals surface area (Å²) >= 11 is 0. The molecule has 0 radical (unpaired) electrons. The predicted molar refractivity (Wildman–Crippen MR) is 185 cm³/mol. The molecule has 0 saturated heterocycles. The van der Waals surface area contributed by atoms with E-state index in [0.29, 0.717) is 17.5 Å². The summed E-state index contributed by atoms with van der Waals surface area (Å²) in [6, 6.07) is 55.1. The first-order chi connectivity index (χ1) is 22.3. The van der Waals surface area contributed by atoms with Gasteiger partial charge in [-0.25, -0.2) is 15.0 Å². The molecule has 0 saturated carbocycles. The Morgan fingerprint density at radius 2 is 0.711 bits per heavy atom. The van der Waals surface area contributed by atoms with Crippen LogP contribution in [0.1, 0.15) is 0 Å². The van der Waals surface area contributed by atoms with Crippen LogP contribution in [0.25, 0.3) is 83.6 Å². The van der Waals surface area contributed by atoms with Crippen molar-refractivity contribution >= 4 is 32.6 Å². The summed E-state index contributed by atoms with van der Waals surface area (Å²) in [6.07, 6.45) is 0. The standard InChI is InChI=1S/C41H26N4/c1-3-9-31(10-4-1)39-42-40(32-11-5-2-6-12-32)44-41(43-39)33-21-17-27(18-22-33)28-23-25-34(26-24-28)45-35-15-7-13-29-19-20-30-14-8-16-36(45)38(30)37(29)35/h1-26H. The highest BCUT2D eigenvalue weighted by molar-refractivity contribution is 6.24. The Hall–Kier alpha value is -6.13. The first-order valence-corrected chi connectivity index (χ1v) is 15.1. The lowest BCUT2D eigenvalue weighted by atomic mass is 10.0. The maximum absolute atomic E-state index is 4.88. The fourth-order valence-electron chi connectivity index (χ4n) is 6.45. The zero-order chi connectivity index (χ0) is 29.7. The van der Waals surface area contributed by atoms with Gasteiger partial charge in [-0.2, -0.15) is 0 Å². The molecule has 0 fully saturated rings. The summed E-state index contributed by atoms with van der Waals surface area (Å²) in [4.78, 5) is 14.6. The third-order valence-electron chi connectivity index (χ3n) is 8.62. The molecular weight excluding hydrogens is 548 g/mol. The van der Waals surface area contributed by atoms with Crippen LogP contribution in [-0.2, 0) is 0 Å². The second kappa shape index (κ2) is 10.2. The number of hydrogen-bond acceptors (Lipinski definition) is 3. The van der Waals surface area contributed by atoms with Gasteiger partial charge in [-0.1, -0.05) is 133 Å². The zero-order valence-electron chi connectivity index (χ0n) is 24.3. The molecule has 4 nitrogen and oxygen atoms in total. The molecule has 2 heterocycles. The lowest BCUT2D eigenvalue weighted by Gasteiger charge is -2.10. The first kappa shape index (κ1) is 25.4. The molecule has 0 atom stereocenters. The van der Waals surface area contributed by atoms with Crippen molar-refractivity contribution in [2.45, 2.75) is 0 Å². The molecule has 0 aliphatic rings. The van der Waals surface area contributed by atoms with Gasteiger partial charge < -0.3 is 4.57 Å². The smallest absolute Gasteiger partial charge is 0.164 e. The topological polar surface area (TPSA) is 43.6 Å². The van der Waals surface area contributed by atoms with Crippen molar-refractivity contribution in [3.63, 3.8) is 0 Å². The average Bonchev–Trinajstić information content (AvgIpc) is 3.47. The van der Waals surface area contributed by atoms with Crippen molar-refractivity contribution in [2.24, 2.45) is 0 Å². The molecule has 0 bridgehead atoms. The fourth-order valence-corrected chi connectivity index (χ4v) is 6.45. The van der Waals surface area contributed by atoms with Crippen LogP contribution in [0.15, 0.2) is 158 Å². The van der Waals surface area contributed by atoms with Crippen molar-refractivity contribution in [1.29, 1.82) is 0 Å². The van der Waals surface area contributed by atoms with Crippen LogP contribution in [0.3, 0.4) is 0 Å². The maximum Gasteiger partial charge on any atom is 0.164 e. The molecule has 0 N–H and O–H groups in total. The highest BCUT2D eigenvalue weighted by Gasteiger charge is 2.16. The fraction of sp³-hybridized carbons (Fsp3) is 0. The Balaban J connectivity index is 1.08. The molecular formula is C41H26N4. The molecule has 4 heteroatoms. The van der Waals surface area contributed by atoms with Crippen molar-refractivity contribution in [3.05, 3.63) is 158 Å². The van der Waals surface area contributed by atoms with E-state index in [-0.39, 0.29) is 0 Å². The number of aromatic nitrogens is 4. The summed E-state index contributed by atoms with van der Waals surface area (Å²) in [5, 5.41) is 5.21. The maximum atomic E-state index is 4.88. The first-order valence-electron chi connectivity index (χ1n) is 15.1. The van der Waals surface area contributed by atoms with Crippen molar-refractivity contribution in [3.8, 4) is 51.0 Å². The Morgan fingerprint density at radius 3 is 1.18 bits per heavy atom. The minimum Gasteiger partial charge on any atom is -0.309 e. The van der Waals surface area contributed by atoms with Gasteiger partial charge in [0, 0.05) is 33.2 Å². The zero-order valence-corrected chi connectivity index (χ0v) is 24.3. The minimum absolute atomic E-state index is 0.654. The Kier molecular flexibility index (Phi) is 5.78. The molecule has 0 unspecified atom stereocenters. The van der Waals surface area contributed by atoms with Crippen LogP contribution in [0.4, 0.5) is 0 Å². The summed E-state index contributed by atoms with van der Waals surface area (Å²) in [5.74, 6) is 1.98. The predicted octanol–water partition coefficient (Wildman–Crippen LogP) is 10.2. The lowest BCUT2D eigenvalue weighted by molar-refractivity contribution is 1.07. The van der Waals surface area contributed by atoms with E-state index < -0.39 is 0 Å². The van der Waals surface area contributed by atoms with Gasteiger partial charge in [0.1, 0.15) is 0 Å². The SMILES string of the molecule is c1ccc(-c2nc(-c3ccccc3)nc(-c3ccc(-c4ccc(-n5c6cccc7ccc8cccc5c8c76)cc4)cc3)n2)cc1. The molecule has 0 amide bonds. The molecule has 0 aliphatic heterocycles. The van der Waals surface area contributed by atoms with Gasteiger partial charge in [0.2, 0.25) is 0 Å². The Bertz CT molecular complexity index is 2320.